The van der Waals surface area contributed by atoms with Crippen LogP contribution in [0.4, 0.5) is 13.2 Å². The minimum Gasteiger partial charge on any atom is -0.324 e. The average molecular weight is 234 g/mol. The third kappa shape index (κ3) is 2.43. The fourth-order valence-electron chi connectivity index (χ4n) is 1.62. The highest BCUT2D eigenvalue weighted by Crippen LogP contribution is 2.29. The molecule has 0 radical (unpaired) electrons. The van der Waals surface area contributed by atoms with Crippen molar-refractivity contribution in [1.29, 1.82) is 0 Å². The van der Waals surface area contributed by atoms with Crippen molar-refractivity contribution >= 4 is 5.78 Å². The molecular formula is C10H13F3N2O. The molecule has 1 aromatic heterocycles. The van der Waals surface area contributed by atoms with E-state index in [1.165, 1.54) is 18.4 Å². The quantitative estimate of drug-likeness (QED) is 0.806. The number of alkyl halides is 3. The zero-order valence-corrected chi connectivity index (χ0v) is 9.30. The summed E-state index contributed by atoms with van der Waals surface area (Å²) in [6.07, 6.45) is -3.13. The van der Waals surface area contributed by atoms with E-state index in [9.17, 15) is 18.0 Å². The number of hydrogen-bond acceptors (Lipinski definition) is 2. The highest BCUT2D eigenvalue weighted by Gasteiger charge is 2.35. The minimum atomic E-state index is -4.47. The molecule has 0 aliphatic carbocycles. The lowest BCUT2D eigenvalue weighted by molar-refractivity contribution is -0.141. The Morgan fingerprint density at radius 2 is 2.12 bits per heavy atom. The van der Waals surface area contributed by atoms with E-state index in [0.29, 0.717) is 6.42 Å². The summed E-state index contributed by atoms with van der Waals surface area (Å²) in [7, 11) is 0. The van der Waals surface area contributed by atoms with Crippen LogP contribution < -0.4 is 0 Å². The molecule has 1 rings (SSSR count). The van der Waals surface area contributed by atoms with Crippen molar-refractivity contribution in [2.24, 2.45) is 0 Å². The van der Waals surface area contributed by atoms with Gasteiger partial charge in [-0.25, -0.2) is 4.98 Å². The van der Waals surface area contributed by atoms with Crippen LogP contribution in [0.3, 0.4) is 0 Å². The predicted molar refractivity (Wildman–Crippen MR) is 52.0 cm³/mol. The minimum absolute atomic E-state index is 0.170. The van der Waals surface area contributed by atoms with Crippen LogP contribution >= 0.6 is 0 Å². The van der Waals surface area contributed by atoms with Gasteiger partial charge in [-0.3, -0.25) is 4.79 Å². The Kier molecular flexibility index (Phi) is 3.40. The van der Waals surface area contributed by atoms with E-state index in [4.69, 9.17) is 0 Å². The molecule has 0 saturated heterocycles. The van der Waals surface area contributed by atoms with Crippen molar-refractivity contribution in [2.45, 2.75) is 39.4 Å². The maximum Gasteiger partial charge on any atom is 0.434 e. The Hall–Kier alpha value is -1.33. The SMILES string of the molecule is CCC(C(C)=O)n1cc(C(F)(F)F)nc1C. The number of carbonyl (C=O) groups is 1. The number of nitrogens with zero attached hydrogens (tertiary/aromatic N) is 2. The second-order valence-corrected chi connectivity index (χ2v) is 3.61. The van der Waals surface area contributed by atoms with E-state index in [1.807, 2.05) is 0 Å². The molecule has 0 fully saturated rings. The summed E-state index contributed by atoms with van der Waals surface area (Å²) in [5.41, 5.74) is -0.954. The van der Waals surface area contributed by atoms with E-state index >= 15 is 0 Å². The number of hydrogen-bond donors (Lipinski definition) is 0. The molecule has 0 aliphatic heterocycles. The van der Waals surface area contributed by atoms with Gasteiger partial charge in [-0.05, 0) is 20.3 Å². The Balaban J connectivity index is 3.15. The van der Waals surface area contributed by atoms with Crippen LogP contribution in [0.25, 0.3) is 0 Å². The van der Waals surface area contributed by atoms with Crippen LogP contribution in [-0.2, 0) is 11.0 Å². The Morgan fingerprint density at radius 1 is 1.56 bits per heavy atom. The summed E-state index contributed by atoms with van der Waals surface area (Å²) in [4.78, 5) is 14.7. The van der Waals surface area contributed by atoms with Crippen molar-refractivity contribution < 1.29 is 18.0 Å². The topological polar surface area (TPSA) is 34.9 Å². The van der Waals surface area contributed by atoms with Crippen molar-refractivity contribution in [1.82, 2.24) is 9.55 Å². The summed E-state index contributed by atoms with van der Waals surface area (Å²) in [6.45, 7) is 4.57. The first-order valence-electron chi connectivity index (χ1n) is 4.90. The molecule has 0 aliphatic rings. The predicted octanol–water partition coefficient (Wildman–Crippen LogP) is 2.75. The van der Waals surface area contributed by atoms with Gasteiger partial charge in [0.15, 0.2) is 11.5 Å². The van der Waals surface area contributed by atoms with Gasteiger partial charge in [0.2, 0.25) is 0 Å². The molecule has 3 nitrogen and oxygen atoms in total. The van der Waals surface area contributed by atoms with Gasteiger partial charge < -0.3 is 4.57 Å². The standard InChI is InChI=1S/C10H13F3N2O/c1-4-8(6(2)16)15-5-9(10(11,12)13)14-7(15)3/h5,8H,4H2,1-3H3. The first kappa shape index (κ1) is 12.7. The molecular weight excluding hydrogens is 221 g/mol. The zero-order chi connectivity index (χ0) is 12.5. The number of Topliss-reactive ketones (excluding diaryl/α,β-unsaturated/α-hetero) is 1. The van der Waals surface area contributed by atoms with Gasteiger partial charge in [0.25, 0.3) is 0 Å². The summed E-state index contributed by atoms with van der Waals surface area (Å²) in [5, 5.41) is 0. The summed E-state index contributed by atoms with van der Waals surface area (Å²) in [6, 6.07) is -0.566. The molecule has 0 spiro atoms. The van der Waals surface area contributed by atoms with Gasteiger partial charge >= 0.3 is 6.18 Å². The van der Waals surface area contributed by atoms with Gasteiger partial charge in [-0.15, -0.1) is 0 Å². The second kappa shape index (κ2) is 4.27. The summed E-state index contributed by atoms with van der Waals surface area (Å²) in [5.74, 6) is 0.0334. The molecule has 1 unspecified atom stereocenters. The fraction of sp³-hybridized carbons (Fsp3) is 0.600. The van der Waals surface area contributed by atoms with Gasteiger partial charge in [0.05, 0.1) is 6.04 Å². The number of halogens is 3. The maximum atomic E-state index is 12.4. The van der Waals surface area contributed by atoms with Crippen molar-refractivity contribution in [3.05, 3.63) is 17.7 Å². The first-order chi connectivity index (χ1) is 7.27. The average Bonchev–Trinajstić information content (AvgIpc) is 2.48. The molecule has 90 valence electrons. The molecule has 1 atom stereocenters. The lowest BCUT2D eigenvalue weighted by Gasteiger charge is -2.14. The maximum absolute atomic E-state index is 12.4. The van der Waals surface area contributed by atoms with Crippen molar-refractivity contribution in [3.8, 4) is 0 Å². The van der Waals surface area contributed by atoms with Gasteiger partial charge in [0, 0.05) is 6.20 Å². The van der Waals surface area contributed by atoms with Crippen LogP contribution in [0.1, 0.15) is 37.8 Å². The second-order valence-electron chi connectivity index (χ2n) is 3.61. The molecule has 1 heterocycles. The van der Waals surface area contributed by atoms with Crippen molar-refractivity contribution in [3.63, 3.8) is 0 Å². The smallest absolute Gasteiger partial charge is 0.324 e. The number of carbonyl (C=O) groups excluding carboxylic acids is 1. The number of aryl methyl sites for hydroxylation is 1. The van der Waals surface area contributed by atoms with Crippen LogP contribution in [0.15, 0.2) is 6.20 Å². The third-order valence-corrected chi connectivity index (χ3v) is 2.40. The Labute approximate surface area is 91.3 Å². The van der Waals surface area contributed by atoms with Crippen LogP contribution in [-0.4, -0.2) is 15.3 Å². The molecule has 6 heteroatoms. The molecule has 0 saturated carbocycles. The lowest BCUT2D eigenvalue weighted by Crippen LogP contribution is -2.16. The highest BCUT2D eigenvalue weighted by molar-refractivity contribution is 5.79. The molecule has 0 N–H and O–H groups in total. The number of aromatic nitrogens is 2. The zero-order valence-electron chi connectivity index (χ0n) is 9.30. The molecule has 0 amide bonds. The Bertz CT molecular complexity index is 395. The highest BCUT2D eigenvalue weighted by atomic mass is 19.4. The monoisotopic (exact) mass is 234 g/mol. The van der Waals surface area contributed by atoms with Gasteiger partial charge in [0.1, 0.15) is 5.82 Å². The molecule has 16 heavy (non-hydrogen) atoms. The largest absolute Gasteiger partial charge is 0.434 e. The van der Waals surface area contributed by atoms with E-state index in [0.717, 1.165) is 6.20 Å². The van der Waals surface area contributed by atoms with Crippen LogP contribution in [0, 0.1) is 6.92 Å². The molecule has 0 aromatic carbocycles. The summed E-state index contributed by atoms with van der Waals surface area (Å²) >= 11 is 0. The number of ketones is 1. The van der Waals surface area contributed by atoms with Gasteiger partial charge in [-0.2, -0.15) is 13.2 Å². The molecule has 0 bridgehead atoms. The molecule has 1 aromatic rings. The van der Waals surface area contributed by atoms with Crippen molar-refractivity contribution in [2.75, 3.05) is 0 Å². The number of rotatable bonds is 3. The summed E-state index contributed by atoms with van der Waals surface area (Å²) < 4.78 is 38.4. The first-order valence-corrected chi connectivity index (χ1v) is 4.90. The van der Waals surface area contributed by atoms with E-state index in [1.54, 1.807) is 6.92 Å². The van der Waals surface area contributed by atoms with Crippen LogP contribution in [0.2, 0.25) is 0 Å². The van der Waals surface area contributed by atoms with E-state index in [2.05, 4.69) is 4.98 Å². The Morgan fingerprint density at radius 3 is 2.44 bits per heavy atom. The van der Waals surface area contributed by atoms with Gasteiger partial charge in [-0.1, -0.05) is 6.92 Å². The van der Waals surface area contributed by atoms with Crippen LogP contribution in [0.5, 0.6) is 0 Å². The fourth-order valence-corrected chi connectivity index (χ4v) is 1.62. The lowest BCUT2D eigenvalue weighted by atomic mass is 10.1. The normalized spacial score (nSPS) is 13.9. The van der Waals surface area contributed by atoms with E-state index < -0.39 is 17.9 Å². The number of imidazole rings is 1. The third-order valence-electron chi connectivity index (χ3n) is 2.40. The van der Waals surface area contributed by atoms with E-state index in [-0.39, 0.29) is 11.6 Å².